The van der Waals surface area contributed by atoms with Crippen LogP contribution >= 0.6 is 0 Å². The van der Waals surface area contributed by atoms with Crippen LogP contribution in [0.5, 0.6) is 5.75 Å². The van der Waals surface area contributed by atoms with E-state index in [-0.39, 0.29) is 0 Å². The summed E-state index contributed by atoms with van der Waals surface area (Å²) in [6.45, 7) is 2.20. The zero-order valence-corrected chi connectivity index (χ0v) is 9.95. The maximum atomic E-state index is 9.24. The highest BCUT2D eigenvalue weighted by Crippen LogP contribution is 2.22. The molecule has 0 aromatic heterocycles. The molecular weight excluding hydrogens is 198 g/mol. The molecule has 1 fully saturated rings. The van der Waals surface area contributed by atoms with Crippen molar-refractivity contribution in [2.45, 2.75) is 51.1 Å². The first-order chi connectivity index (χ1) is 7.75. The van der Waals surface area contributed by atoms with Gasteiger partial charge in [-0.2, -0.15) is 0 Å². The quantitative estimate of drug-likeness (QED) is 0.817. The van der Waals surface area contributed by atoms with Crippen molar-refractivity contribution in [2.75, 3.05) is 0 Å². The molecule has 16 heavy (non-hydrogen) atoms. The van der Waals surface area contributed by atoms with Gasteiger partial charge >= 0.3 is 0 Å². The van der Waals surface area contributed by atoms with E-state index < -0.39 is 0 Å². The molecular formula is C14H21NO. The van der Waals surface area contributed by atoms with Crippen LogP contribution in [-0.2, 0) is 0 Å². The second-order valence-electron chi connectivity index (χ2n) is 4.81. The number of hydrogen-bond acceptors (Lipinski definition) is 2. The molecule has 0 heterocycles. The lowest BCUT2D eigenvalue weighted by Gasteiger charge is -2.26. The number of nitrogens with one attached hydrogen (secondary N) is 1. The van der Waals surface area contributed by atoms with Crippen LogP contribution in [0.2, 0.25) is 0 Å². The van der Waals surface area contributed by atoms with Crippen molar-refractivity contribution in [2.24, 2.45) is 0 Å². The molecule has 0 aliphatic heterocycles. The standard InChI is InChI=1S/C14H21NO/c1-11(12-7-9-14(16)10-8-12)15-13-5-3-2-4-6-13/h7-11,13,15-16H,2-6H2,1H3. The van der Waals surface area contributed by atoms with E-state index in [1.165, 1.54) is 37.7 Å². The molecule has 2 rings (SSSR count). The van der Waals surface area contributed by atoms with Crippen molar-refractivity contribution in [3.05, 3.63) is 29.8 Å². The monoisotopic (exact) mass is 219 g/mol. The summed E-state index contributed by atoms with van der Waals surface area (Å²) in [5.41, 5.74) is 1.25. The smallest absolute Gasteiger partial charge is 0.115 e. The van der Waals surface area contributed by atoms with Gasteiger partial charge in [0.1, 0.15) is 5.75 Å². The van der Waals surface area contributed by atoms with E-state index in [0.29, 0.717) is 17.8 Å². The summed E-state index contributed by atoms with van der Waals surface area (Å²) in [4.78, 5) is 0. The first kappa shape index (κ1) is 11.5. The van der Waals surface area contributed by atoms with Gasteiger partial charge in [0.2, 0.25) is 0 Å². The fourth-order valence-corrected chi connectivity index (χ4v) is 2.48. The Morgan fingerprint density at radius 2 is 1.75 bits per heavy atom. The highest BCUT2D eigenvalue weighted by molar-refractivity contribution is 5.27. The number of rotatable bonds is 3. The molecule has 0 spiro atoms. The highest BCUT2D eigenvalue weighted by Gasteiger charge is 2.15. The van der Waals surface area contributed by atoms with E-state index in [2.05, 4.69) is 12.2 Å². The van der Waals surface area contributed by atoms with Crippen LogP contribution in [0.3, 0.4) is 0 Å². The zero-order valence-electron chi connectivity index (χ0n) is 9.95. The summed E-state index contributed by atoms with van der Waals surface area (Å²) in [6.07, 6.45) is 6.73. The van der Waals surface area contributed by atoms with Crippen molar-refractivity contribution in [3.63, 3.8) is 0 Å². The lowest BCUT2D eigenvalue weighted by molar-refractivity contribution is 0.347. The van der Waals surface area contributed by atoms with Gasteiger partial charge < -0.3 is 10.4 Å². The van der Waals surface area contributed by atoms with Crippen molar-refractivity contribution < 1.29 is 5.11 Å². The largest absolute Gasteiger partial charge is 0.508 e. The van der Waals surface area contributed by atoms with E-state index in [1.54, 1.807) is 12.1 Å². The summed E-state index contributed by atoms with van der Waals surface area (Å²) in [6, 6.07) is 8.57. The molecule has 1 aromatic rings. The lowest BCUT2D eigenvalue weighted by atomic mass is 9.94. The summed E-state index contributed by atoms with van der Waals surface area (Å²) in [5, 5.41) is 12.9. The van der Waals surface area contributed by atoms with Crippen molar-refractivity contribution >= 4 is 0 Å². The molecule has 1 saturated carbocycles. The average molecular weight is 219 g/mol. The number of hydrogen-bond donors (Lipinski definition) is 2. The molecule has 0 amide bonds. The Morgan fingerprint density at radius 3 is 2.38 bits per heavy atom. The second-order valence-corrected chi connectivity index (χ2v) is 4.81. The van der Waals surface area contributed by atoms with Crippen LogP contribution in [0.4, 0.5) is 0 Å². The summed E-state index contributed by atoms with van der Waals surface area (Å²) in [5.74, 6) is 0.341. The molecule has 1 aromatic carbocycles. The first-order valence-corrected chi connectivity index (χ1v) is 6.30. The van der Waals surface area contributed by atoms with E-state index in [1.807, 2.05) is 12.1 Å². The Morgan fingerprint density at radius 1 is 1.12 bits per heavy atom. The van der Waals surface area contributed by atoms with Crippen LogP contribution < -0.4 is 5.32 Å². The Labute approximate surface area is 97.7 Å². The minimum Gasteiger partial charge on any atom is -0.508 e. The van der Waals surface area contributed by atoms with Crippen LogP contribution in [0.1, 0.15) is 50.6 Å². The number of phenolic OH excluding ortho intramolecular Hbond substituents is 1. The molecule has 1 aliphatic carbocycles. The zero-order chi connectivity index (χ0) is 11.4. The van der Waals surface area contributed by atoms with Gasteiger partial charge in [-0.3, -0.25) is 0 Å². The van der Waals surface area contributed by atoms with Gasteiger partial charge in [0, 0.05) is 12.1 Å². The number of aromatic hydroxyl groups is 1. The Kier molecular flexibility index (Phi) is 3.83. The third-order valence-corrected chi connectivity index (χ3v) is 3.48. The highest BCUT2D eigenvalue weighted by atomic mass is 16.3. The van der Waals surface area contributed by atoms with Gasteiger partial charge in [-0.25, -0.2) is 0 Å². The second kappa shape index (κ2) is 5.35. The molecule has 2 heteroatoms. The van der Waals surface area contributed by atoms with Crippen molar-refractivity contribution in [1.29, 1.82) is 0 Å². The predicted octanol–water partition coefficient (Wildman–Crippen LogP) is 3.38. The van der Waals surface area contributed by atoms with Crippen LogP contribution in [0.15, 0.2) is 24.3 Å². The normalized spacial score (nSPS) is 19.6. The molecule has 0 radical (unpaired) electrons. The van der Waals surface area contributed by atoms with E-state index >= 15 is 0 Å². The SMILES string of the molecule is CC(NC1CCCCC1)c1ccc(O)cc1. The summed E-state index contributed by atoms with van der Waals surface area (Å²) >= 11 is 0. The Bertz CT molecular complexity index is 314. The number of benzene rings is 1. The maximum Gasteiger partial charge on any atom is 0.115 e. The fourth-order valence-electron chi connectivity index (χ4n) is 2.48. The minimum atomic E-state index is 0.341. The van der Waals surface area contributed by atoms with E-state index in [9.17, 15) is 5.11 Å². The van der Waals surface area contributed by atoms with E-state index in [4.69, 9.17) is 0 Å². The van der Waals surface area contributed by atoms with Crippen LogP contribution in [-0.4, -0.2) is 11.1 Å². The predicted molar refractivity (Wildman–Crippen MR) is 66.5 cm³/mol. The van der Waals surface area contributed by atoms with Gasteiger partial charge in [-0.15, -0.1) is 0 Å². The van der Waals surface area contributed by atoms with Gasteiger partial charge in [0.05, 0.1) is 0 Å². The maximum absolute atomic E-state index is 9.24. The summed E-state index contributed by atoms with van der Waals surface area (Å²) < 4.78 is 0. The molecule has 1 unspecified atom stereocenters. The average Bonchev–Trinajstić information content (AvgIpc) is 2.31. The van der Waals surface area contributed by atoms with Gasteiger partial charge in [-0.05, 0) is 37.5 Å². The molecule has 1 aliphatic rings. The molecule has 2 nitrogen and oxygen atoms in total. The summed E-state index contributed by atoms with van der Waals surface area (Å²) in [7, 11) is 0. The van der Waals surface area contributed by atoms with Gasteiger partial charge in [0.25, 0.3) is 0 Å². The first-order valence-electron chi connectivity index (χ1n) is 6.30. The van der Waals surface area contributed by atoms with Crippen LogP contribution in [0.25, 0.3) is 0 Å². The third kappa shape index (κ3) is 2.99. The fraction of sp³-hybridized carbons (Fsp3) is 0.571. The molecule has 2 N–H and O–H groups in total. The minimum absolute atomic E-state index is 0.341. The van der Waals surface area contributed by atoms with Crippen LogP contribution in [0, 0.1) is 0 Å². The number of phenols is 1. The lowest BCUT2D eigenvalue weighted by Crippen LogP contribution is -2.33. The topological polar surface area (TPSA) is 32.3 Å². The molecule has 88 valence electrons. The van der Waals surface area contributed by atoms with Gasteiger partial charge in [-0.1, -0.05) is 31.4 Å². The molecule has 1 atom stereocenters. The van der Waals surface area contributed by atoms with E-state index in [0.717, 1.165) is 0 Å². The van der Waals surface area contributed by atoms with Crippen molar-refractivity contribution in [3.8, 4) is 5.75 Å². The Balaban J connectivity index is 1.91. The molecule has 0 bridgehead atoms. The molecule has 0 saturated heterocycles. The third-order valence-electron chi connectivity index (χ3n) is 3.48. The van der Waals surface area contributed by atoms with Gasteiger partial charge in [0.15, 0.2) is 0 Å². The Hall–Kier alpha value is -1.02. The van der Waals surface area contributed by atoms with Crippen molar-refractivity contribution in [1.82, 2.24) is 5.32 Å².